The van der Waals surface area contributed by atoms with Crippen molar-refractivity contribution in [3.8, 4) is 11.3 Å². The third-order valence-corrected chi connectivity index (χ3v) is 2.67. The van der Waals surface area contributed by atoms with Crippen LogP contribution in [0.2, 0.25) is 0 Å². The zero-order chi connectivity index (χ0) is 15.9. The molecular formula is C15H14N2O5. The Hall–Kier alpha value is -3.09. The summed E-state index contributed by atoms with van der Waals surface area (Å²) >= 11 is 0. The van der Waals surface area contributed by atoms with Gasteiger partial charge in [-0.3, -0.25) is 0 Å². The molecular weight excluding hydrogens is 288 g/mol. The minimum Gasteiger partial charge on any atom is -0.478 e. The highest BCUT2D eigenvalue weighted by atomic mass is 16.5. The van der Waals surface area contributed by atoms with Gasteiger partial charge >= 0.3 is 12.1 Å². The van der Waals surface area contributed by atoms with Crippen molar-refractivity contribution in [2.75, 3.05) is 6.61 Å². The molecule has 0 aliphatic carbocycles. The third-order valence-electron chi connectivity index (χ3n) is 2.67. The molecule has 0 saturated heterocycles. The van der Waals surface area contributed by atoms with Crippen LogP contribution < -0.4 is 5.43 Å². The number of nitrogens with zero attached hydrogens (tertiary/aromatic N) is 1. The lowest BCUT2D eigenvalue weighted by atomic mass is 10.1. The van der Waals surface area contributed by atoms with Crippen molar-refractivity contribution in [1.29, 1.82) is 0 Å². The van der Waals surface area contributed by atoms with E-state index in [0.717, 1.165) is 5.56 Å². The SMILES string of the molecule is CCOC(=O)N/N=C\c1ccc(-c2ccc(C(=O)O)cc2)o1. The summed E-state index contributed by atoms with van der Waals surface area (Å²) in [5.41, 5.74) is 3.13. The van der Waals surface area contributed by atoms with Gasteiger partial charge in [0.2, 0.25) is 0 Å². The van der Waals surface area contributed by atoms with Crippen molar-refractivity contribution in [2.24, 2.45) is 5.10 Å². The first-order valence-corrected chi connectivity index (χ1v) is 6.49. The summed E-state index contributed by atoms with van der Waals surface area (Å²) < 4.78 is 10.2. The Morgan fingerprint density at radius 3 is 2.64 bits per heavy atom. The van der Waals surface area contributed by atoms with Crippen LogP contribution in [-0.4, -0.2) is 30.0 Å². The molecule has 2 N–H and O–H groups in total. The van der Waals surface area contributed by atoms with Crippen molar-refractivity contribution in [3.05, 3.63) is 47.7 Å². The van der Waals surface area contributed by atoms with Crippen molar-refractivity contribution >= 4 is 18.3 Å². The number of furan rings is 1. The van der Waals surface area contributed by atoms with Gasteiger partial charge in [0.15, 0.2) is 0 Å². The molecule has 1 aromatic carbocycles. The van der Waals surface area contributed by atoms with E-state index in [-0.39, 0.29) is 12.2 Å². The number of hydrazone groups is 1. The summed E-state index contributed by atoms with van der Waals surface area (Å²) in [6, 6.07) is 9.70. The van der Waals surface area contributed by atoms with Gasteiger partial charge in [-0.2, -0.15) is 5.10 Å². The number of carbonyl (C=O) groups is 2. The highest BCUT2D eigenvalue weighted by Crippen LogP contribution is 2.22. The highest BCUT2D eigenvalue weighted by Gasteiger charge is 2.06. The second kappa shape index (κ2) is 7.07. The van der Waals surface area contributed by atoms with Gasteiger partial charge in [-0.1, -0.05) is 12.1 Å². The molecule has 2 aromatic rings. The smallest absolute Gasteiger partial charge is 0.427 e. The Bertz CT molecular complexity index is 688. The predicted molar refractivity (Wildman–Crippen MR) is 78.9 cm³/mol. The summed E-state index contributed by atoms with van der Waals surface area (Å²) in [6.07, 6.45) is 0.696. The number of benzene rings is 1. The van der Waals surface area contributed by atoms with Gasteiger partial charge in [0.25, 0.3) is 0 Å². The topological polar surface area (TPSA) is 101 Å². The van der Waals surface area contributed by atoms with Crippen LogP contribution >= 0.6 is 0 Å². The second-order valence-electron chi connectivity index (χ2n) is 4.17. The van der Waals surface area contributed by atoms with Gasteiger partial charge in [-0.25, -0.2) is 15.0 Å². The first-order valence-electron chi connectivity index (χ1n) is 6.49. The average Bonchev–Trinajstić information content (AvgIpc) is 2.96. The van der Waals surface area contributed by atoms with E-state index in [0.29, 0.717) is 11.5 Å². The number of amides is 1. The normalized spacial score (nSPS) is 10.6. The number of carbonyl (C=O) groups excluding carboxylic acids is 1. The molecule has 0 aliphatic rings. The number of rotatable bonds is 5. The van der Waals surface area contributed by atoms with Gasteiger partial charge in [-0.15, -0.1) is 0 Å². The Labute approximate surface area is 126 Å². The summed E-state index contributed by atoms with van der Waals surface area (Å²) in [6.45, 7) is 1.95. The average molecular weight is 302 g/mol. The van der Waals surface area contributed by atoms with E-state index >= 15 is 0 Å². The number of hydrogen-bond acceptors (Lipinski definition) is 5. The van der Waals surface area contributed by atoms with Gasteiger partial charge < -0.3 is 14.3 Å². The minimum absolute atomic E-state index is 0.204. The summed E-state index contributed by atoms with van der Waals surface area (Å²) in [5, 5.41) is 12.5. The molecule has 7 heteroatoms. The molecule has 2 rings (SSSR count). The Balaban J connectivity index is 2.03. The van der Waals surface area contributed by atoms with E-state index in [9.17, 15) is 9.59 Å². The fraction of sp³-hybridized carbons (Fsp3) is 0.133. The monoisotopic (exact) mass is 302 g/mol. The fourth-order valence-electron chi connectivity index (χ4n) is 1.67. The van der Waals surface area contributed by atoms with E-state index in [4.69, 9.17) is 9.52 Å². The van der Waals surface area contributed by atoms with Crippen LogP contribution in [0.15, 0.2) is 45.9 Å². The lowest BCUT2D eigenvalue weighted by Crippen LogP contribution is -2.18. The molecule has 22 heavy (non-hydrogen) atoms. The number of nitrogens with one attached hydrogen (secondary N) is 1. The van der Waals surface area contributed by atoms with Crippen LogP contribution in [0.4, 0.5) is 4.79 Å². The zero-order valence-corrected chi connectivity index (χ0v) is 11.8. The number of hydrogen-bond donors (Lipinski definition) is 2. The van der Waals surface area contributed by atoms with Gasteiger partial charge in [0.05, 0.1) is 18.4 Å². The lowest BCUT2D eigenvalue weighted by Gasteiger charge is -1.98. The molecule has 0 atom stereocenters. The van der Waals surface area contributed by atoms with Crippen molar-refractivity contribution in [1.82, 2.24) is 5.43 Å². The molecule has 114 valence electrons. The molecule has 0 aliphatic heterocycles. The van der Waals surface area contributed by atoms with E-state index in [1.807, 2.05) is 0 Å². The maximum atomic E-state index is 11.0. The predicted octanol–water partition coefficient (Wildman–Crippen LogP) is 2.72. The van der Waals surface area contributed by atoms with E-state index < -0.39 is 12.1 Å². The van der Waals surface area contributed by atoms with Crippen LogP contribution in [0.25, 0.3) is 11.3 Å². The summed E-state index contributed by atoms with van der Waals surface area (Å²) in [7, 11) is 0. The Morgan fingerprint density at radius 2 is 2.00 bits per heavy atom. The van der Waals surface area contributed by atoms with Crippen LogP contribution in [0.3, 0.4) is 0 Å². The molecule has 1 amide bonds. The summed E-state index contributed by atoms with van der Waals surface area (Å²) in [5.74, 6) is 0.0208. The molecule has 0 fully saturated rings. The van der Waals surface area contributed by atoms with Crippen molar-refractivity contribution in [2.45, 2.75) is 6.92 Å². The maximum Gasteiger partial charge on any atom is 0.427 e. The van der Waals surface area contributed by atoms with Crippen LogP contribution in [0.5, 0.6) is 0 Å². The van der Waals surface area contributed by atoms with Crippen LogP contribution in [0.1, 0.15) is 23.0 Å². The van der Waals surface area contributed by atoms with E-state index in [2.05, 4.69) is 15.3 Å². The Morgan fingerprint density at radius 1 is 1.27 bits per heavy atom. The van der Waals surface area contributed by atoms with Crippen LogP contribution in [0, 0.1) is 0 Å². The first-order chi connectivity index (χ1) is 10.6. The molecule has 0 radical (unpaired) electrons. The maximum absolute atomic E-state index is 11.0. The van der Waals surface area contributed by atoms with Crippen LogP contribution in [-0.2, 0) is 4.74 Å². The molecule has 1 heterocycles. The lowest BCUT2D eigenvalue weighted by molar-refractivity contribution is 0.0697. The van der Waals surface area contributed by atoms with Gasteiger partial charge in [-0.05, 0) is 31.2 Å². The third kappa shape index (κ3) is 3.95. The number of aromatic carboxylic acids is 1. The number of ether oxygens (including phenoxy) is 1. The minimum atomic E-state index is -0.983. The highest BCUT2D eigenvalue weighted by molar-refractivity contribution is 5.88. The second-order valence-corrected chi connectivity index (χ2v) is 4.17. The first kappa shape index (κ1) is 15.3. The van der Waals surface area contributed by atoms with Crippen molar-refractivity contribution < 1.29 is 23.8 Å². The molecule has 0 bridgehead atoms. The largest absolute Gasteiger partial charge is 0.478 e. The van der Waals surface area contributed by atoms with E-state index in [1.165, 1.54) is 18.3 Å². The molecule has 1 aromatic heterocycles. The van der Waals surface area contributed by atoms with E-state index in [1.54, 1.807) is 31.2 Å². The molecule has 0 unspecified atom stereocenters. The van der Waals surface area contributed by atoms with Crippen molar-refractivity contribution in [3.63, 3.8) is 0 Å². The summed E-state index contributed by atoms with van der Waals surface area (Å²) in [4.78, 5) is 21.8. The molecule has 0 saturated carbocycles. The fourth-order valence-corrected chi connectivity index (χ4v) is 1.67. The standard InChI is InChI=1S/C15H14N2O5/c1-2-21-15(20)17-16-9-12-7-8-13(22-12)10-3-5-11(6-4-10)14(18)19/h3-9H,2H2,1H3,(H,17,20)(H,18,19)/b16-9-. The number of carboxylic acids is 1. The Kier molecular flexibility index (Phi) is 4.92. The number of carboxylic acid groups (broad SMARTS) is 1. The van der Waals surface area contributed by atoms with Gasteiger partial charge in [0.1, 0.15) is 11.5 Å². The quantitative estimate of drug-likeness (QED) is 0.653. The molecule has 0 spiro atoms. The molecule has 7 nitrogen and oxygen atoms in total. The zero-order valence-electron chi connectivity index (χ0n) is 11.8. The van der Waals surface area contributed by atoms with Gasteiger partial charge in [0, 0.05) is 5.56 Å².